The van der Waals surface area contributed by atoms with Gasteiger partial charge in [0.25, 0.3) is 10.0 Å². The molecule has 1 heterocycles. The molecule has 1 fully saturated rings. The zero-order valence-electron chi connectivity index (χ0n) is 12.8. The van der Waals surface area contributed by atoms with Crippen molar-refractivity contribution < 1.29 is 12.8 Å². The van der Waals surface area contributed by atoms with Crippen LogP contribution in [-0.2, 0) is 16.6 Å². The standard InChI is InChI=1S/C17H20FNO2S2/c18-15-10-8-14(9-11-15)13-19(16-5-2-1-3-6-16)23(20,21)17-7-4-12-22-17/h4,7-12,16H,1-3,5-6,13H2. The van der Waals surface area contributed by atoms with E-state index >= 15 is 0 Å². The number of nitrogens with zero attached hydrogens (tertiary/aromatic N) is 1. The molecular formula is C17H20FNO2S2. The van der Waals surface area contributed by atoms with Crippen LogP contribution in [0, 0.1) is 5.82 Å². The van der Waals surface area contributed by atoms with Crippen molar-refractivity contribution in [2.24, 2.45) is 0 Å². The van der Waals surface area contributed by atoms with Gasteiger partial charge in [-0.25, -0.2) is 12.8 Å². The molecule has 0 N–H and O–H groups in total. The van der Waals surface area contributed by atoms with E-state index in [0.717, 1.165) is 31.2 Å². The summed E-state index contributed by atoms with van der Waals surface area (Å²) in [4.78, 5) is 0. The molecule has 0 amide bonds. The van der Waals surface area contributed by atoms with Gasteiger partial charge in [0, 0.05) is 12.6 Å². The summed E-state index contributed by atoms with van der Waals surface area (Å²) >= 11 is 1.25. The molecular weight excluding hydrogens is 333 g/mol. The van der Waals surface area contributed by atoms with Crippen LogP contribution in [0.5, 0.6) is 0 Å². The quantitative estimate of drug-likeness (QED) is 0.798. The Hall–Kier alpha value is -1.24. The molecule has 0 radical (unpaired) electrons. The maximum Gasteiger partial charge on any atom is 0.253 e. The summed E-state index contributed by atoms with van der Waals surface area (Å²) in [5, 5.41) is 1.78. The van der Waals surface area contributed by atoms with Crippen LogP contribution in [0.3, 0.4) is 0 Å². The molecule has 6 heteroatoms. The van der Waals surface area contributed by atoms with Crippen LogP contribution in [-0.4, -0.2) is 18.8 Å². The number of halogens is 1. The van der Waals surface area contributed by atoms with E-state index in [2.05, 4.69) is 0 Å². The first-order chi connectivity index (χ1) is 11.1. The zero-order valence-corrected chi connectivity index (χ0v) is 14.5. The van der Waals surface area contributed by atoms with Crippen LogP contribution < -0.4 is 0 Å². The Morgan fingerprint density at radius 1 is 1.09 bits per heavy atom. The summed E-state index contributed by atoms with van der Waals surface area (Å²) in [6.07, 6.45) is 5.08. The van der Waals surface area contributed by atoms with Crippen LogP contribution in [0.15, 0.2) is 46.0 Å². The van der Waals surface area contributed by atoms with Crippen LogP contribution >= 0.6 is 11.3 Å². The third-order valence-corrected chi connectivity index (χ3v) is 7.56. The lowest BCUT2D eigenvalue weighted by Gasteiger charge is -2.33. The molecule has 1 aliphatic carbocycles. The van der Waals surface area contributed by atoms with Gasteiger partial charge in [0.1, 0.15) is 10.0 Å². The fourth-order valence-corrected chi connectivity index (χ4v) is 5.87. The van der Waals surface area contributed by atoms with Gasteiger partial charge in [-0.2, -0.15) is 4.31 Å². The Morgan fingerprint density at radius 2 is 1.78 bits per heavy atom. The first-order valence-corrected chi connectivity index (χ1v) is 10.2. The molecule has 23 heavy (non-hydrogen) atoms. The average molecular weight is 353 g/mol. The second-order valence-corrected chi connectivity index (χ2v) is 8.97. The normalized spacial score (nSPS) is 16.8. The van der Waals surface area contributed by atoms with E-state index < -0.39 is 10.0 Å². The molecule has 0 saturated heterocycles. The highest BCUT2D eigenvalue weighted by atomic mass is 32.2. The summed E-state index contributed by atoms with van der Waals surface area (Å²) in [5.74, 6) is -0.306. The van der Waals surface area contributed by atoms with E-state index in [-0.39, 0.29) is 11.9 Å². The molecule has 3 rings (SSSR count). The Labute approximate surface area is 140 Å². The summed E-state index contributed by atoms with van der Waals surface area (Å²) < 4.78 is 41.2. The third-order valence-electron chi connectivity index (χ3n) is 4.29. The lowest BCUT2D eigenvalue weighted by atomic mass is 9.95. The fourth-order valence-electron chi connectivity index (χ4n) is 3.07. The van der Waals surface area contributed by atoms with Gasteiger partial charge in [0.2, 0.25) is 0 Å². The van der Waals surface area contributed by atoms with Gasteiger partial charge in [0.15, 0.2) is 0 Å². The van der Waals surface area contributed by atoms with E-state index in [1.807, 2.05) is 0 Å². The molecule has 3 nitrogen and oxygen atoms in total. The SMILES string of the molecule is O=S(=O)(c1cccs1)N(Cc1ccc(F)cc1)C1CCCCC1. The molecule has 124 valence electrons. The zero-order chi connectivity index (χ0) is 16.3. The van der Waals surface area contributed by atoms with Gasteiger partial charge in [-0.3, -0.25) is 0 Å². The molecule has 0 unspecified atom stereocenters. The molecule has 1 aromatic carbocycles. The van der Waals surface area contributed by atoms with Gasteiger partial charge in [0.05, 0.1) is 0 Å². The highest BCUT2D eigenvalue weighted by molar-refractivity contribution is 7.91. The lowest BCUT2D eigenvalue weighted by Crippen LogP contribution is -2.40. The maximum absolute atomic E-state index is 13.1. The predicted octanol–water partition coefficient (Wildman–Crippen LogP) is 4.41. The summed E-state index contributed by atoms with van der Waals surface area (Å²) in [7, 11) is -3.51. The van der Waals surface area contributed by atoms with E-state index in [9.17, 15) is 12.8 Å². The number of thiophene rings is 1. The molecule has 0 bridgehead atoms. The topological polar surface area (TPSA) is 37.4 Å². The molecule has 1 aromatic heterocycles. The summed E-state index contributed by atoms with van der Waals surface area (Å²) in [6, 6.07) is 9.53. The first kappa shape index (κ1) is 16.6. The fraction of sp³-hybridized carbons (Fsp3) is 0.412. The van der Waals surface area contributed by atoms with Crippen molar-refractivity contribution in [3.63, 3.8) is 0 Å². The van der Waals surface area contributed by atoms with Crippen LogP contribution in [0.2, 0.25) is 0 Å². The van der Waals surface area contributed by atoms with E-state index in [1.54, 1.807) is 34.0 Å². The molecule has 0 aliphatic heterocycles. The second kappa shape index (κ2) is 7.11. The maximum atomic E-state index is 13.1. The highest BCUT2D eigenvalue weighted by Crippen LogP contribution is 2.31. The third kappa shape index (κ3) is 3.82. The Bertz CT molecular complexity index is 720. The van der Waals surface area contributed by atoms with Crippen molar-refractivity contribution in [2.45, 2.75) is 48.9 Å². The summed E-state index contributed by atoms with van der Waals surface area (Å²) in [6.45, 7) is 0.297. The van der Waals surface area contributed by atoms with Crippen molar-refractivity contribution in [2.75, 3.05) is 0 Å². The Kier molecular flexibility index (Phi) is 5.14. The number of benzene rings is 1. The van der Waals surface area contributed by atoms with E-state index in [4.69, 9.17) is 0 Å². The molecule has 1 saturated carbocycles. The van der Waals surface area contributed by atoms with Gasteiger partial charge in [-0.1, -0.05) is 37.5 Å². The van der Waals surface area contributed by atoms with Crippen LogP contribution in [0.4, 0.5) is 4.39 Å². The second-order valence-electron chi connectivity index (χ2n) is 5.90. The minimum absolute atomic E-state index is 0.0286. The predicted molar refractivity (Wildman–Crippen MR) is 90.3 cm³/mol. The number of hydrogen-bond donors (Lipinski definition) is 0. The highest BCUT2D eigenvalue weighted by Gasteiger charge is 2.33. The Morgan fingerprint density at radius 3 is 2.39 bits per heavy atom. The molecule has 2 aromatic rings. The van der Waals surface area contributed by atoms with Crippen molar-refractivity contribution in [1.82, 2.24) is 4.31 Å². The first-order valence-electron chi connectivity index (χ1n) is 7.87. The monoisotopic (exact) mass is 353 g/mol. The van der Waals surface area contributed by atoms with Crippen LogP contribution in [0.25, 0.3) is 0 Å². The molecule has 0 atom stereocenters. The number of rotatable bonds is 5. The van der Waals surface area contributed by atoms with Gasteiger partial charge in [-0.15, -0.1) is 11.3 Å². The van der Waals surface area contributed by atoms with Crippen molar-refractivity contribution in [3.05, 3.63) is 53.2 Å². The van der Waals surface area contributed by atoms with Crippen molar-refractivity contribution in [1.29, 1.82) is 0 Å². The van der Waals surface area contributed by atoms with E-state index in [0.29, 0.717) is 10.8 Å². The van der Waals surface area contributed by atoms with Crippen molar-refractivity contribution in [3.8, 4) is 0 Å². The number of sulfonamides is 1. The molecule has 0 spiro atoms. The van der Waals surface area contributed by atoms with E-state index in [1.165, 1.54) is 29.9 Å². The van der Waals surface area contributed by atoms with Gasteiger partial charge >= 0.3 is 0 Å². The lowest BCUT2D eigenvalue weighted by molar-refractivity contribution is 0.248. The Balaban J connectivity index is 1.91. The average Bonchev–Trinajstić information content (AvgIpc) is 3.10. The van der Waals surface area contributed by atoms with Gasteiger partial charge in [-0.05, 0) is 42.0 Å². The van der Waals surface area contributed by atoms with Crippen molar-refractivity contribution >= 4 is 21.4 Å². The van der Waals surface area contributed by atoms with Crippen LogP contribution in [0.1, 0.15) is 37.7 Å². The van der Waals surface area contributed by atoms with Gasteiger partial charge < -0.3 is 0 Å². The molecule has 1 aliphatic rings. The minimum Gasteiger partial charge on any atom is -0.207 e. The number of hydrogen-bond acceptors (Lipinski definition) is 3. The summed E-state index contributed by atoms with van der Waals surface area (Å²) in [5.41, 5.74) is 0.817. The smallest absolute Gasteiger partial charge is 0.207 e. The minimum atomic E-state index is -3.51. The largest absolute Gasteiger partial charge is 0.253 e.